The van der Waals surface area contributed by atoms with E-state index in [1.54, 1.807) is 11.0 Å². The lowest BCUT2D eigenvalue weighted by Crippen LogP contribution is -2.38. The Balaban J connectivity index is 1.96. The van der Waals surface area contributed by atoms with Crippen LogP contribution in [0.3, 0.4) is 0 Å². The molecule has 5 nitrogen and oxygen atoms in total. The number of cyclic esters (lactones) is 1. The molecule has 5 heteroatoms. The van der Waals surface area contributed by atoms with Crippen molar-refractivity contribution in [2.45, 2.75) is 19.0 Å². The molecule has 1 fully saturated rings. The summed E-state index contributed by atoms with van der Waals surface area (Å²) in [6.07, 6.45) is 0.568. The van der Waals surface area contributed by atoms with Gasteiger partial charge in [0.1, 0.15) is 6.04 Å². The van der Waals surface area contributed by atoms with Crippen LogP contribution in [0.4, 0.5) is 5.69 Å². The summed E-state index contributed by atoms with van der Waals surface area (Å²) >= 11 is 0. The normalized spacial score (nSPS) is 22.8. The maximum absolute atomic E-state index is 12.2. The molecule has 1 atom stereocenters. The second-order valence-corrected chi connectivity index (χ2v) is 4.29. The van der Waals surface area contributed by atoms with Crippen molar-refractivity contribution in [1.29, 1.82) is 0 Å². The van der Waals surface area contributed by atoms with Crippen LogP contribution in [0, 0.1) is 0 Å². The second-order valence-electron chi connectivity index (χ2n) is 4.29. The molecular formula is C12H12N2O3. The molecule has 0 saturated carbocycles. The van der Waals surface area contributed by atoms with Crippen molar-refractivity contribution in [2.75, 3.05) is 12.3 Å². The van der Waals surface area contributed by atoms with E-state index in [0.717, 1.165) is 5.56 Å². The second kappa shape index (κ2) is 3.48. The fourth-order valence-corrected chi connectivity index (χ4v) is 2.43. The summed E-state index contributed by atoms with van der Waals surface area (Å²) in [6.45, 7) is 0.831. The zero-order valence-electron chi connectivity index (χ0n) is 9.18. The average molecular weight is 232 g/mol. The number of rotatable bonds is 1. The minimum absolute atomic E-state index is 0.165. The number of nitrogens with two attached hydrogens (primary N) is 1. The number of ether oxygens (including phenoxy) is 1. The first-order chi connectivity index (χ1) is 8.18. The first kappa shape index (κ1) is 10.1. The SMILES string of the molecule is Nc1cccc2c1C(=O)N([C@@H]1CCOC1=O)C2. The Morgan fingerprint density at radius 3 is 2.82 bits per heavy atom. The third-order valence-electron chi connectivity index (χ3n) is 3.28. The Kier molecular flexibility index (Phi) is 2.07. The summed E-state index contributed by atoms with van der Waals surface area (Å²) in [4.78, 5) is 25.2. The lowest BCUT2D eigenvalue weighted by atomic mass is 10.1. The van der Waals surface area contributed by atoms with Crippen LogP contribution in [0.25, 0.3) is 0 Å². The summed E-state index contributed by atoms with van der Waals surface area (Å²) < 4.78 is 4.89. The maximum Gasteiger partial charge on any atom is 0.329 e. The Morgan fingerprint density at radius 2 is 2.18 bits per heavy atom. The van der Waals surface area contributed by atoms with Gasteiger partial charge in [0.2, 0.25) is 0 Å². The molecule has 2 N–H and O–H groups in total. The molecule has 2 aliphatic heterocycles. The molecule has 0 radical (unpaired) electrons. The fourth-order valence-electron chi connectivity index (χ4n) is 2.43. The lowest BCUT2D eigenvalue weighted by molar-refractivity contribution is -0.141. The zero-order chi connectivity index (χ0) is 12.0. The number of anilines is 1. The molecule has 3 rings (SSSR count). The Morgan fingerprint density at radius 1 is 1.35 bits per heavy atom. The number of esters is 1. The van der Waals surface area contributed by atoms with Crippen LogP contribution in [0.2, 0.25) is 0 Å². The highest BCUT2D eigenvalue weighted by Gasteiger charge is 2.40. The number of carbonyl (C=O) groups is 2. The van der Waals surface area contributed by atoms with Crippen molar-refractivity contribution in [2.24, 2.45) is 0 Å². The number of nitrogen functional groups attached to an aromatic ring is 1. The van der Waals surface area contributed by atoms with Gasteiger partial charge in [-0.05, 0) is 11.6 Å². The molecule has 0 bridgehead atoms. The van der Waals surface area contributed by atoms with E-state index in [-0.39, 0.29) is 11.9 Å². The molecule has 2 heterocycles. The van der Waals surface area contributed by atoms with E-state index in [9.17, 15) is 9.59 Å². The van der Waals surface area contributed by atoms with Gasteiger partial charge in [-0.15, -0.1) is 0 Å². The van der Waals surface area contributed by atoms with Crippen molar-refractivity contribution >= 4 is 17.6 Å². The highest BCUT2D eigenvalue weighted by Crippen LogP contribution is 2.31. The van der Waals surface area contributed by atoms with Gasteiger partial charge in [-0.25, -0.2) is 4.79 Å². The van der Waals surface area contributed by atoms with Gasteiger partial charge in [0, 0.05) is 18.7 Å². The van der Waals surface area contributed by atoms with Gasteiger partial charge in [-0.1, -0.05) is 12.1 Å². The van der Waals surface area contributed by atoms with Gasteiger partial charge < -0.3 is 15.4 Å². The molecule has 0 unspecified atom stereocenters. The maximum atomic E-state index is 12.2. The molecule has 88 valence electrons. The van der Waals surface area contributed by atoms with Gasteiger partial charge in [0.05, 0.1) is 12.2 Å². The van der Waals surface area contributed by atoms with Crippen molar-refractivity contribution in [1.82, 2.24) is 4.90 Å². The molecule has 1 aromatic carbocycles. The molecule has 1 saturated heterocycles. The lowest BCUT2D eigenvalue weighted by Gasteiger charge is -2.19. The molecular weight excluding hydrogens is 220 g/mol. The van der Waals surface area contributed by atoms with E-state index in [4.69, 9.17) is 10.5 Å². The Hall–Kier alpha value is -2.04. The third kappa shape index (κ3) is 1.39. The van der Waals surface area contributed by atoms with E-state index in [1.165, 1.54) is 0 Å². The molecule has 1 aromatic rings. The van der Waals surface area contributed by atoms with Crippen LogP contribution >= 0.6 is 0 Å². The van der Waals surface area contributed by atoms with Gasteiger partial charge in [0.25, 0.3) is 5.91 Å². The van der Waals surface area contributed by atoms with E-state index in [0.29, 0.717) is 30.8 Å². The first-order valence-electron chi connectivity index (χ1n) is 5.53. The number of nitrogens with zero attached hydrogens (tertiary/aromatic N) is 1. The summed E-state index contributed by atoms with van der Waals surface area (Å²) in [7, 11) is 0. The van der Waals surface area contributed by atoms with E-state index >= 15 is 0 Å². The number of carbonyl (C=O) groups excluding carboxylic acids is 2. The monoisotopic (exact) mass is 232 g/mol. The largest absolute Gasteiger partial charge is 0.464 e. The number of amides is 1. The van der Waals surface area contributed by atoms with E-state index < -0.39 is 6.04 Å². The minimum Gasteiger partial charge on any atom is -0.464 e. The molecule has 0 spiro atoms. The van der Waals surface area contributed by atoms with Crippen molar-refractivity contribution in [3.05, 3.63) is 29.3 Å². The number of hydrogen-bond acceptors (Lipinski definition) is 4. The van der Waals surface area contributed by atoms with Crippen molar-refractivity contribution < 1.29 is 14.3 Å². The van der Waals surface area contributed by atoms with Crippen LogP contribution in [-0.4, -0.2) is 29.4 Å². The molecule has 0 aromatic heterocycles. The quantitative estimate of drug-likeness (QED) is 0.566. The van der Waals surface area contributed by atoms with Gasteiger partial charge in [-0.3, -0.25) is 4.79 Å². The molecule has 2 aliphatic rings. The Bertz CT molecular complexity index is 512. The predicted octanol–water partition coefficient (Wildman–Crippen LogP) is 0.540. The molecule has 1 amide bonds. The average Bonchev–Trinajstić information content (AvgIpc) is 2.84. The topological polar surface area (TPSA) is 72.6 Å². The molecule has 0 aliphatic carbocycles. The third-order valence-corrected chi connectivity index (χ3v) is 3.28. The van der Waals surface area contributed by atoms with E-state index in [2.05, 4.69) is 0 Å². The van der Waals surface area contributed by atoms with Crippen molar-refractivity contribution in [3.8, 4) is 0 Å². The van der Waals surface area contributed by atoms with Crippen molar-refractivity contribution in [3.63, 3.8) is 0 Å². The fraction of sp³-hybridized carbons (Fsp3) is 0.333. The Labute approximate surface area is 98.1 Å². The smallest absolute Gasteiger partial charge is 0.329 e. The van der Waals surface area contributed by atoms with Gasteiger partial charge >= 0.3 is 5.97 Å². The first-order valence-corrected chi connectivity index (χ1v) is 5.53. The number of hydrogen-bond donors (Lipinski definition) is 1. The van der Waals surface area contributed by atoms with Crippen LogP contribution in [-0.2, 0) is 16.1 Å². The van der Waals surface area contributed by atoms with Crippen LogP contribution in [0.1, 0.15) is 22.3 Å². The van der Waals surface area contributed by atoms with Gasteiger partial charge in [-0.2, -0.15) is 0 Å². The number of fused-ring (bicyclic) bond motifs is 1. The van der Waals surface area contributed by atoms with Crippen LogP contribution in [0.15, 0.2) is 18.2 Å². The summed E-state index contributed by atoms with van der Waals surface area (Å²) in [5.41, 5.74) is 7.69. The predicted molar refractivity (Wildman–Crippen MR) is 60.1 cm³/mol. The van der Waals surface area contributed by atoms with E-state index in [1.807, 2.05) is 12.1 Å². The standard InChI is InChI=1S/C12H12N2O3/c13-8-3-1-2-7-6-14(11(15)10(7)8)9-4-5-17-12(9)16/h1-3,9H,4-6,13H2/t9-/m1/s1. The molecule has 17 heavy (non-hydrogen) atoms. The van der Waals surface area contributed by atoms with Crippen LogP contribution < -0.4 is 5.73 Å². The summed E-state index contributed by atoms with van der Waals surface area (Å²) in [5, 5.41) is 0. The minimum atomic E-state index is -0.450. The summed E-state index contributed by atoms with van der Waals surface area (Å²) in [5.74, 6) is -0.480. The van der Waals surface area contributed by atoms with Gasteiger partial charge in [0.15, 0.2) is 0 Å². The number of benzene rings is 1. The zero-order valence-corrected chi connectivity index (χ0v) is 9.18. The highest BCUT2D eigenvalue weighted by molar-refractivity contribution is 6.04. The summed E-state index contributed by atoms with van der Waals surface area (Å²) in [6, 6.07) is 4.93. The van der Waals surface area contributed by atoms with Crippen LogP contribution in [0.5, 0.6) is 0 Å². The highest BCUT2D eigenvalue weighted by atomic mass is 16.5.